The number of nitrogens with one attached hydrogen (secondary N) is 1. The molecular weight excluding hydrogens is 300 g/mol. The van der Waals surface area contributed by atoms with Crippen LogP contribution in [-0.4, -0.2) is 36.7 Å². The number of rotatable bonds is 5. The van der Waals surface area contributed by atoms with Gasteiger partial charge in [0.1, 0.15) is 0 Å². The number of carbonyl (C=O) groups is 1. The minimum atomic E-state index is -0.245. The van der Waals surface area contributed by atoms with Crippen molar-refractivity contribution in [3.05, 3.63) is 35.9 Å². The van der Waals surface area contributed by atoms with Gasteiger partial charge < -0.3 is 10.1 Å². The quantitative estimate of drug-likeness (QED) is 0.892. The lowest BCUT2D eigenvalue weighted by molar-refractivity contribution is 0.00289. The molecule has 2 fully saturated rings. The highest BCUT2D eigenvalue weighted by Crippen LogP contribution is 2.49. The van der Waals surface area contributed by atoms with Crippen LogP contribution in [0.5, 0.6) is 0 Å². The average Bonchev–Trinajstić information content (AvgIpc) is 2.54. The highest BCUT2D eigenvalue weighted by Gasteiger charge is 2.46. The molecule has 24 heavy (non-hydrogen) atoms. The largest absolute Gasteiger partial charge is 0.449 e. The summed E-state index contributed by atoms with van der Waals surface area (Å²) in [5.41, 5.74) is 1.86. The monoisotopic (exact) mass is 330 g/mol. The van der Waals surface area contributed by atoms with E-state index in [1.165, 1.54) is 31.5 Å². The van der Waals surface area contributed by atoms with Gasteiger partial charge in [0.05, 0.1) is 6.61 Å². The summed E-state index contributed by atoms with van der Waals surface area (Å²) in [4.78, 5) is 14.3. The second kappa shape index (κ2) is 7.56. The molecule has 1 amide bonds. The molecule has 0 atom stereocenters. The van der Waals surface area contributed by atoms with Crippen molar-refractivity contribution in [3.63, 3.8) is 0 Å². The molecule has 1 saturated carbocycles. The van der Waals surface area contributed by atoms with Crippen molar-refractivity contribution in [1.82, 2.24) is 10.2 Å². The lowest BCUT2D eigenvalue weighted by atomic mass is 9.60. The van der Waals surface area contributed by atoms with E-state index in [1.807, 2.05) is 0 Å². The molecule has 4 heteroatoms. The topological polar surface area (TPSA) is 41.6 Å². The fraction of sp³-hybridized carbons (Fsp3) is 0.650. The van der Waals surface area contributed by atoms with Gasteiger partial charge in [0.2, 0.25) is 0 Å². The number of amides is 1. The van der Waals surface area contributed by atoms with Gasteiger partial charge in [0.25, 0.3) is 0 Å². The normalized spacial score (nSPS) is 20.8. The first-order valence-electron chi connectivity index (χ1n) is 9.24. The van der Waals surface area contributed by atoms with E-state index in [9.17, 15) is 4.79 Å². The van der Waals surface area contributed by atoms with E-state index >= 15 is 0 Å². The van der Waals surface area contributed by atoms with Gasteiger partial charge >= 0.3 is 6.09 Å². The van der Waals surface area contributed by atoms with Crippen LogP contribution in [0.25, 0.3) is 0 Å². The zero-order valence-electron chi connectivity index (χ0n) is 15.0. The number of nitrogens with zero attached hydrogens (tertiary/aromatic N) is 1. The van der Waals surface area contributed by atoms with E-state index in [2.05, 4.69) is 54.4 Å². The first-order chi connectivity index (χ1) is 11.5. The average molecular weight is 330 g/mol. The summed E-state index contributed by atoms with van der Waals surface area (Å²) in [7, 11) is 0. The van der Waals surface area contributed by atoms with E-state index in [0.717, 1.165) is 19.4 Å². The molecule has 0 unspecified atom stereocenters. The van der Waals surface area contributed by atoms with Gasteiger partial charge in [-0.25, -0.2) is 4.79 Å². The summed E-state index contributed by atoms with van der Waals surface area (Å²) < 4.78 is 5.21. The maximum absolute atomic E-state index is 11.7. The summed E-state index contributed by atoms with van der Waals surface area (Å²) in [6.07, 6.45) is 4.48. The number of hydrogen-bond acceptors (Lipinski definition) is 3. The number of benzene rings is 1. The van der Waals surface area contributed by atoms with Crippen LogP contribution in [-0.2, 0) is 11.3 Å². The van der Waals surface area contributed by atoms with Crippen molar-refractivity contribution in [2.45, 2.75) is 52.1 Å². The Labute approximate surface area is 145 Å². The summed E-state index contributed by atoms with van der Waals surface area (Å²) >= 11 is 0. The van der Waals surface area contributed by atoms with Crippen molar-refractivity contribution in [2.75, 3.05) is 19.7 Å². The standard InChI is InChI=1S/C20H30N2O2/c1-16(2)15-24-19(23)21-18-12-20(13-18)8-10-22(11-9-20)14-17-6-4-3-5-7-17/h3-7,16,18H,8-15H2,1-2H3,(H,21,23). The Morgan fingerprint density at radius 3 is 2.54 bits per heavy atom. The van der Waals surface area contributed by atoms with Gasteiger partial charge in [-0.15, -0.1) is 0 Å². The van der Waals surface area contributed by atoms with Gasteiger partial charge in [-0.2, -0.15) is 0 Å². The lowest BCUT2D eigenvalue weighted by Crippen LogP contribution is -2.54. The smallest absolute Gasteiger partial charge is 0.407 e. The molecule has 4 nitrogen and oxygen atoms in total. The predicted molar refractivity (Wildman–Crippen MR) is 95.7 cm³/mol. The van der Waals surface area contributed by atoms with Crippen LogP contribution in [0, 0.1) is 11.3 Å². The molecule has 1 aromatic rings. The SMILES string of the molecule is CC(C)COC(=O)NC1CC2(CCN(Cc3ccccc3)CC2)C1. The third-order valence-electron chi connectivity index (χ3n) is 5.39. The van der Waals surface area contributed by atoms with Gasteiger partial charge in [-0.1, -0.05) is 44.2 Å². The number of likely N-dealkylation sites (tertiary alicyclic amines) is 1. The van der Waals surface area contributed by atoms with E-state index < -0.39 is 0 Å². The second-order valence-electron chi connectivity index (χ2n) is 8.00. The molecule has 132 valence electrons. The summed E-state index contributed by atoms with van der Waals surface area (Å²) in [5.74, 6) is 0.387. The summed E-state index contributed by atoms with van der Waals surface area (Å²) in [6.45, 7) is 7.99. The molecule has 0 bridgehead atoms. The Morgan fingerprint density at radius 1 is 1.25 bits per heavy atom. The predicted octanol–water partition coefficient (Wildman–Crippen LogP) is 3.81. The molecule has 0 aromatic heterocycles. The second-order valence-corrected chi connectivity index (χ2v) is 8.00. The molecule has 2 aliphatic rings. The van der Waals surface area contributed by atoms with Crippen LogP contribution < -0.4 is 5.32 Å². The molecule has 1 aromatic carbocycles. The highest BCUT2D eigenvalue weighted by atomic mass is 16.5. The lowest BCUT2D eigenvalue weighted by Gasteiger charge is -2.52. The van der Waals surface area contributed by atoms with Gasteiger partial charge in [-0.3, -0.25) is 4.90 Å². The van der Waals surface area contributed by atoms with Crippen LogP contribution >= 0.6 is 0 Å². The zero-order valence-corrected chi connectivity index (χ0v) is 15.0. The maximum Gasteiger partial charge on any atom is 0.407 e. The molecule has 1 heterocycles. The third kappa shape index (κ3) is 4.50. The van der Waals surface area contributed by atoms with Crippen molar-refractivity contribution in [2.24, 2.45) is 11.3 Å². The molecule has 0 radical (unpaired) electrons. The van der Waals surface area contributed by atoms with Crippen molar-refractivity contribution in [3.8, 4) is 0 Å². The number of carbonyl (C=O) groups excluding carboxylic acids is 1. The van der Waals surface area contributed by atoms with Crippen molar-refractivity contribution < 1.29 is 9.53 Å². The van der Waals surface area contributed by atoms with Crippen LogP contribution in [0.15, 0.2) is 30.3 Å². The summed E-state index contributed by atoms with van der Waals surface area (Å²) in [6, 6.07) is 11.0. The Hall–Kier alpha value is -1.55. The van der Waals surface area contributed by atoms with E-state index in [1.54, 1.807) is 0 Å². The van der Waals surface area contributed by atoms with Gasteiger partial charge in [0, 0.05) is 12.6 Å². The van der Waals surface area contributed by atoms with E-state index in [0.29, 0.717) is 24.0 Å². The first kappa shape index (κ1) is 17.3. The Bertz CT molecular complexity index is 528. The maximum atomic E-state index is 11.7. The van der Waals surface area contributed by atoms with Gasteiger partial charge in [-0.05, 0) is 55.7 Å². The van der Waals surface area contributed by atoms with Crippen LogP contribution in [0.1, 0.15) is 45.1 Å². The molecule has 1 spiro atoms. The minimum absolute atomic E-state index is 0.245. The van der Waals surface area contributed by atoms with Crippen molar-refractivity contribution in [1.29, 1.82) is 0 Å². The van der Waals surface area contributed by atoms with E-state index in [-0.39, 0.29) is 6.09 Å². The number of ether oxygens (including phenoxy) is 1. The first-order valence-corrected chi connectivity index (χ1v) is 9.24. The van der Waals surface area contributed by atoms with Crippen LogP contribution in [0.2, 0.25) is 0 Å². The number of alkyl carbamates (subject to hydrolysis) is 1. The number of hydrogen-bond donors (Lipinski definition) is 1. The molecule has 1 aliphatic heterocycles. The van der Waals surface area contributed by atoms with E-state index in [4.69, 9.17) is 4.74 Å². The van der Waals surface area contributed by atoms with Gasteiger partial charge in [0.15, 0.2) is 0 Å². The Kier molecular flexibility index (Phi) is 5.44. The summed E-state index contributed by atoms with van der Waals surface area (Å²) in [5, 5.41) is 3.02. The highest BCUT2D eigenvalue weighted by molar-refractivity contribution is 5.67. The van der Waals surface area contributed by atoms with Crippen LogP contribution in [0.4, 0.5) is 4.79 Å². The van der Waals surface area contributed by atoms with Crippen molar-refractivity contribution >= 4 is 6.09 Å². The molecule has 3 rings (SSSR count). The number of piperidine rings is 1. The molecule has 1 N–H and O–H groups in total. The molecule has 1 aliphatic carbocycles. The third-order valence-corrected chi connectivity index (χ3v) is 5.39. The zero-order chi connectivity index (χ0) is 17.0. The fourth-order valence-corrected chi connectivity index (χ4v) is 3.97. The molecule has 1 saturated heterocycles. The molecular formula is C20H30N2O2. The van der Waals surface area contributed by atoms with Crippen LogP contribution in [0.3, 0.4) is 0 Å². The Morgan fingerprint density at radius 2 is 1.92 bits per heavy atom. The minimum Gasteiger partial charge on any atom is -0.449 e. The fourth-order valence-electron chi connectivity index (χ4n) is 3.97. The Balaban J connectivity index is 1.36.